The van der Waals surface area contributed by atoms with Crippen LogP contribution in [0.1, 0.15) is 6.42 Å². The van der Waals surface area contributed by atoms with E-state index < -0.39 is 31.3 Å². The summed E-state index contributed by atoms with van der Waals surface area (Å²) < 4.78 is 69.0. The largest absolute Gasteiger partial charge is 0.396 e. The number of hydrogen-bond donors (Lipinski definition) is 1. The molecule has 0 aromatic carbocycles. The predicted octanol–water partition coefficient (Wildman–Crippen LogP) is 2.11. The van der Waals surface area contributed by atoms with Gasteiger partial charge in [-0.25, -0.2) is 0 Å². The van der Waals surface area contributed by atoms with Gasteiger partial charge in [-0.2, -0.15) is 26.3 Å². The molecular formula is C5H6F6O. The molecule has 74 valence electrons. The lowest BCUT2D eigenvalue weighted by Gasteiger charge is -2.18. The standard InChI is InChI=1S/C5H6F6O/c6-4(7,8)1-3(2-12)5(9,10)11/h3,12H,1-2H2. The van der Waals surface area contributed by atoms with E-state index in [9.17, 15) is 26.3 Å². The van der Waals surface area contributed by atoms with E-state index in [1.807, 2.05) is 0 Å². The lowest BCUT2D eigenvalue weighted by Crippen LogP contribution is -2.31. The molecule has 0 aromatic heterocycles. The topological polar surface area (TPSA) is 20.2 Å². The van der Waals surface area contributed by atoms with Crippen molar-refractivity contribution in [3.63, 3.8) is 0 Å². The molecule has 0 spiro atoms. The summed E-state index contributed by atoms with van der Waals surface area (Å²) in [6.07, 6.45) is -11.9. The van der Waals surface area contributed by atoms with Crippen LogP contribution in [0.15, 0.2) is 0 Å². The highest BCUT2D eigenvalue weighted by Gasteiger charge is 2.45. The Morgan fingerprint density at radius 3 is 1.50 bits per heavy atom. The van der Waals surface area contributed by atoms with Gasteiger partial charge in [0.2, 0.25) is 0 Å². The number of aliphatic hydroxyl groups excluding tert-OH is 1. The molecule has 0 aliphatic carbocycles. The molecule has 1 N–H and O–H groups in total. The van der Waals surface area contributed by atoms with Crippen molar-refractivity contribution in [1.29, 1.82) is 0 Å². The van der Waals surface area contributed by atoms with Gasteiger partial charge in [-0.05, 0) is 0 Å². The molecule has 12 heavy (non-hydrogen) atoms. The molecule has 0 aromatic rings. The van der Waals surface area contributed by atoms with Gasteiger partial charge in [0, 0.05) is 0 Å². The minimum atomic E-state index is -5.00. The summed E-state index contributed by atoms with van der Waals surface area (Å²) >= 11 is 0. The van der Waals surface area contributed by atoms with Crippen molar-refractivity contribution in [2.45, 2.75) is 18.8 Å². The second kappa shape index (κ2) is 3.51. The minimum absolute atomic E-state index is 1.54. The van der Waals surface area contributed by atoms with Crippen molar-refractivity contribution in [2.75, 3.05) is 6.61 Å². The molecule has 0 heterocycles. The molecule has 0 aliphatic heterocycles. The third kappa shape index (κ3) is 4.42. The van der Waals surface area contributed by atoms with E-state index in [1.54, 1.807) is 0 Å². The summed E-state index contributed by atoms with van der Waals surface area (Å²) in [7, 11) is 0. The fraction of sp³-hybridized carbons (Fsp3) is 1.00. The van der Waals surface area contributed by atoms with Gasteiger partial charge in [0.05, 0.1) is 18.9 Å². The van der Waals surface area contributed by atoms with Crippen molar-refractivity contribution < 1.29 is 31.4 Å². The number of hydrogen-bond acceptors (Lipinski definition) is 1. The van der Waals surface area contributed by atoms with Gasteiger partial charge < -0.3 is 5.11 Å². The van der Waals surface area contributed by atoms with Crippen LogP contribution in [0.4, 0.5) is 26.3 Å². The number of halogens is 6. The summed E-state index contributed by atoms with van der Waals surface area (Å²) in [5.41, 5.74) is 0. The molecular weight excluding hydrogens is 190 g/mol. The van der Waals surface area contributed by atoms with Crippen molar-refractivity contribution in [3.05, 3.63) is 0 Å². The van der Waals surface area contributed by atoms with E-state index >= 15 is 0 Å². The molecule has 1 nitrogen and oxygen atoms in total. The highest BCUT2D eigenvalue weighted by Crippen LogP contribution is 2.34. The third-order valence-electron chi connectivity index (χ3n) is 1.16. The van der Waals surface area contributed by atoms with E-state index in [2.05, 4.69) is 0 Å². The molecule has 0 saturated heterocycles. The van der Waals surface area contributed by atoms with E-state index in [1.165, 1.54) is 0 Å². The monoisotopic (exact) mass is 196 g/mol. The number of alkyl halides is 6. The van der Waals surface area contributed by atoms with Crippen LogP contribution in [0, 0.1) is 5.92 Å². The van der Waals surface area contributed by atoms with Crippen LogP contribution in [0.25, 0.3) is 0 Å². The summed E-state index contributed by atoms with van der Waals surface area (Å²) in [6, 6.07) is 0. The number of aliphatic hydroxyl groups is 1. The lowest BCUT2D eigenvalue weighted by molar-refractivity contribution is -0.225. The van der Waals surface area contributed by atoms with Gasteiger partial charge in [-0.15, -0.1) is 0 Å². The van der Waals surface area contributed by atoms with Crippen LogP contribution in [0.2, 0.25) is 0 Å². The smallest absolute Gasteiger partial charge is 0.394 e. The molecule has 1 atom stereocenters. The van der Waals surface area contributed by atoms with Gasteiger partial charge in [0.25, 0.3) is 0 Å². The highest BCUT2D eigenvalue weighted by molar-refractivity contribution is 4.70. The fourth-order valence-corrected chi connectivity index (χ4v) is 0.563. The van der Waals surface area contributed by atoms with Crippen molar-refractivity contribution in [2.24, 2.45) is 5.92 Å². The SMILES string of the molecule is OCC(CC(F)(F)F)C(F)(F)F. The molecule has 1 unspecified atom stereocenters. The average Bonchev–Trinajstić information content (AvgIpc) is 1.78. The summed E-state index contributed by atoms with van der Waals surface area (Å²) in [6.45, 7) is -1.54. The second-order valence-electron chi connectivity index (χ2n) is 2.24. The Labute approximate surface area is 64.0 Å². The zero-order valence-electron chi connectivity index (χ0n) is 5.71. The first-order valence-corrected chi connectivity index (χ1v) is 2.91. The summed E-state index contributed by atoms with van der Waals surface area (Å²) in [5, 5.41) is 8.00. The van der Waals surface area contributed by atoms with Crippen LogP contribution in [0.5, 0.6) is 0 Å². The Morgan fingerprint density at radius 2 is 1.42 bits per heavy atom. The molecule has 0 fully saturated rings. The summed E-state index contributed by atoms with van der Waals surface area (Å²) in [4.78, 5) is 0. The summed E-state index contributed by atoms with van der Waals surface area (Å²) in [5.74, 6) is -2.71. The molecule has 0 rings (SSSR count). The molecule has 0 amide bonds. The Balaban J connectivity index is 4.20. The Bertz CT molecular complexity index is 136. The second-order valence-corrected chi connectivity index (χ2v) is 2.24. The Morgan fingerprint density at radius 1 is 1.00 bits per heavy atom. The van der Waals surface area contributed by atoms with Crippen molar-refractivity contribution in [1.82, 2.24) is 0 Å². The van der Waals surface area contributed by atoms with E-state index in [0.29, 0.717) is 0 Å². The third-order valence-corrected chi connectivity index (χ3v) is 1.16. The Kier molecular flexibility index (Phi) is 3.37. The van der Waals surface area contributed by atoms with E-state index in [0.717, 1.165) is 0 Å². The van der Waals surface area contributed by atoms with Crippen LogP contribution < -0.4 is 0 Å². The maximum Gasteiger partial charge on any atom is 0.394 e. The fourth-order valence-electron chi connectivity index (χ4n) is 0.563. The predicted molar refractivity (Wildman–Crippen MR) is 27.3 cm³/mol. The molecule has 0 saturated carbocycles. The quantitative estimate of drug-likeness (QED) is 0.670. The lowest BCUT2D eigenvalue weighted by atomic mass is 10.1. The molecule has 0 radical (unpaired) electrons. The van der Waals surface area contributed by atoms with Gasteiger partial charge >= 0.3 is 12.4 Å². The van der Waals surface area contributed by atoms with Gasteiger partial charge in [0.1, 0.15) is 0 Å². The molecule has 0 aliphatic rings. The van der Waals surface area contributed by atoms with Gasteiger partial charge in [-0.3, -0.25) is 0 Å². The Hall–Kier alpha value is -0.460. The maximum atomic E-state index is 11.6. The zero-order chi connectivity index (χ0) is 9.99. The van der Waals surface area contributed by atoms with Crippen molar-refractivity contribution in [3.8, 4) is 0 Å². The average molecular weight is 196 g/mol. The number of rotatable bonds is 2. The minimum Gasteiger partial charge on any atom is -0.396 e. The molecule has 7 heteroatoms. The van der Waals surface area contributed by atoms with Gasteiger partial charge in [0.15, 0.2) is 0 Å². The van der Waals surface area contributed by atoms with E-state index in [4.69, 9.17) is 5.11 Å². The normalized spacial score (nSPS) is 16.2. The van der Waals surface area contributed by atoms with Crippen molar-refractivity contribution >= 4 is 0 Å². The van der Waals surface area contributed by atoms with Gasteiger partial charge in [-0.1, -0.05) is 0 Å². The van der Waals surface area contributed by atoms with Crippen LogP contribution in [0.3, 0.4) is 0 Å². The zero-order valence-corrected chi connectivity index (χ0v) is 5.71. The van der Waals surface area contributed by atoms with Crippen LogP contribution in [-0.4, -0.2) is 24.1 Å². The highest BCUT2D eigenvalue weighted by atomic mass is 19.4. The molecule has 0 bridgehead atoms. The first-order valence-electron chi connectivity index (χ1n) is 2.91. The van der Waals surface area contributed by atoms with Crippen LogP contribution >= 0.6 is 0 Å². The first kappa shape index (κ1) is 11.5. The first-order chi connectivity index (χ1) is 5.17. The van der Waals surface area contributed by atoms with Crippen LogP contribution in [-0.2, 0) is 0 Å². The van der Waals surface area contributed by atoms with E-state index in [-0.39, 0.29) is 0 Å². The maximum absolute atomic E-state index is 11.6.